The first-order valence-corrected chi connectivity index (χ1v) is 6.86. The van der Waals surface area contributed by atoms with Gasteiger partial charge in [-0.3, -0.25) is 5.10 Å². The van der Waals surface area contributed by atoms with Crippen molar-refractivity contribution in [3.05, 3.63) is 23.4 Å². The van der Waals surface area contributed by atoms with Gasteiger partial charge in [0, 0.05) is 18.6 Å². The number of anilines is 2. The Labute approximate surface area is 128 Å². The van der Waals surface area contributed by atoms with E-state index in [0.717, 1.165) is 12.1 Å². The number of nitrogen functional groups attached to an aromatic ring is 1. The number of ether oxygens (including phenoxy) is 1. The van der Waals surface area contributed by atoms with Crippen LogP contribution < -0.4 is 11.1 Å². The van der Waals surface area contributed by atoms with Crippen molar-refractivity contribution < 1.29 is 17.9 Å². The van der Waals surface area contributed by atoms with Crippen molar-refractivity contribution in [3.63, 3.8) is 0 Å². The lowest BCUT2D eigenvalue weighted by molar-refractivity contribution is -0.144. The zero-order valence-corrected chi connectivity index (χ0v) is 11.9. The van der Waals surface area contributed by atoms with Gasteiger partial charge < -0.3 is 15.8 Å². The second-order valence-electron chi connectivity index (χ2n) is 5.05. The highest BCUT2D eigenvalue weighted by Crippen LogP contribution is 2.26. The molecular formula is C12H14F3N7O. The maximum atomic E-state index is 12.4. The largest absolute Gasteiger partial charge is 0.453 e. The monoisotopic (exact) mass is 329 g/mol. The van der Waals surface area contributed by atoms with Gasteiger partial charge in [0.25, 0.3) is 5.82 Å². The number of hydrogen-bond acceptors (Lipinski definition) is 7. The van der Waals surface area contributed by atoms with Crippen LogP contribution in [0.2, 0.25) is 0 Å². The van der Waals surface area contributed by atoms with E-state index < -0.39 is 12.0 Å². The van der Waals surface area contributed by atoms with Crippen molar-refractivity contribution in [2.24, 2.45) is 0 Å². The van der Waals surface area contributed by atoms with Crippen molar-refractivity contribution in [1.82, 2.24) is 25.1 Å². The Hall–Kier alpha value is -2.43. The summed E-state index contributed by atoms with van der Waals surface area (Å²) in [5, 5.41) is 8.21. The van der Waals surface area contributed by atoms with Gasteiger partial charge in [0.1, 0.15) is 11.6 Å². The molecule has 0 radical (unpaired) electrons. The normalized spacial score (nSPS) is 18.3. The van der Waals surface area contributed by atoms with Crippen LogP contribution in [0.5, 0.6) is 0 Å². The zero-order chi connectivity index (χ0) is 16.4. The number of aromatic nitrogens is 5. The first-order chi connectivity index (χ1) is 10.9. The fourth-order valence-electron chi connectivity index (χ4n) is 2.23. The van der Waals surface area contributed by atoms with Gasteiger partial charge in [-0.15, -0.1) is 5.10 Å². The van der Waals surface area contributed by atoms with E-state index in [1.54, 1.807) is 6.07 Å². The number of nitrogens with zero attached hydrogens (tertiary/aromatic N) is 4. The highest BCUT2D eigenvalue weighted by Gasteiger charge is 2.36. The smallest absolute Gasteiger partial charge is 0.381 e. The molecule has 11 heteroatoms. The van der Waals surface area contributed by atoms with Gasteiger partial charge >= 0.3 is 6.18 Å². The maximum Gasteiger partial charge on any atom is 0.453 e. The molecule has 1 atom stereocenters. The second-order valence-corrected chi connectivity index (χ2v) is 5.05. The van der Waals surface area contributed by atoms with Crippen molar-refractivity contribution in [2.45, 2.75) is 25.1 Å². The molecule has 1 saturated heterocycles. The van der Waals surface area contributed by atoms with E-state index >= 15 is 0 Å². The van der Waals surface area contributed by atoms with Crippen LogP contribution in [0, 0.1) is 0 Å². The van der Waals surface area contributed by atoms with Crippen molar-refractivity contribution >= 4 is 11.8 Å². The molecule has 8 nitrogen and oxygen atoms in total. The van der Waals surface area contributed by atoms with Crippen LogP contribution in [-0.2, 0) is 17.5 Å². The molecule has 1 unspecified atom stereocenters. The Balaban J connectivity index is 1.69. The molecule has 1 aliphatic heterocycles. The van der Waals surface area contributed by atoms with Gasteiger partial charge in [-0.05, 0) is 6.42 Å². The quantitative estimate of drug-likeness (QED) is 0.774. The fraction of sp³-hybridized carbons (Fsp3) is 0.500. The van der Waals surface area contributed by atoms with Crippen LogP contribution in [0.3, 0.4) is 0 Å². The third kappa shape index (κ3) is 3.67. The van der Waals surface area contributed by atoms with Gasteiger partial charge in [-0.25, -0.2) is 9.97 Å². The molecular weight excluding hydrogens is 315 g/mol. The topological polar surface area (TPSA) is 115 Å². The van der Waals surface area contributed by atoms with Crippen LogP contribution in [-0.4, -0.2) is 38.4 Å². The molecule has 23 heavy (non-hydrogen) atoms. The molecule has 1 fully saturated rings. The summed E-state index contributed by atoms with van der Waals surface area (Å²) >= 11 is 0. The van der Waals surface area contributed by atoms with Crippen LogP contribution in [0.15, 0.2) is 6.07 Å². The van der Waals surface area contributed by atoms with Gasteiger partial charge in [-0.2, -0.15) is 18.2 Å². The Morgan fingerprint density at radius 2 is 2.17 bits per heavy atom. The number of rotatable bonds is 4. The van der Waals surface area contributed by atoms with E-state index in [4.69, 9.17) is 10.5 Å². The summed E-state index contributed by atoms with van der Waals surface area (Å²) < 4.78 is 42.6. The predicted octanol–water partition coefficient (Wildman–Crippen LogP) is 1.31. The third-order valence-corrected chi connectivity index (χ3v) is 3.33. The lowest BCUT2D eigenvalue weighted by atomic mass is 10.0. The highest BCUT2D eigenvalue weighted by molar-refractivity contribution is 5.41. The maximum absolute atomic E-state index is 12.4. The molecule has 0 aliphatic carbocycles. The van der Waals surface area contributed by atoms with Gasteiger partial charge in [0.2, 0.25) is 5.95 Å². The van der Waals surface area contributed by atoms with Crippen LogP contribution >= 0.6 is 0 Å². The summed E-state index contributed by atoms with van der Waals surface area (Å²) in [6.07, 6.45) is -3.74. The summed E-state index contributed by atoms with van der Waals surface area (Å²) in [5.74, 6) is -0.529. The molecule has 0 amide bonds. The molecule has 0 bridgehead atoms. The molecule has 0 spiro atoms. The summed E-state index contributed by atoms with van der Waals surface area (Å²) in [6.45, 7) is 1.22. The molecule has 4 N–H and O–H groups in total. The van der Waals surface area contributed by atoms with E-state index in [9.17, 15) is 13.2 Å². The number of aromatic amines is 1. The summed E-state index contributed by atoms with van der Waals surface area (Å²) in [4.78, 5) is 11.5. The molecule has 2 aromatic heterocycles. The Morgan fingerprint density at radius 3 is 2.83 bits per heavy atom. The molecule has 124 valence electrons. The number of nitrogens with two attached hydrogens (primary N) is 1. The van der Waals surface area contributed by atoms with E-state index in [-0.39, 0.29) is 24.2 Å². The van der Waals surface area contributed by atoms with Crippen LogP contribution in [0.1, 0.15) is 29.7 Å². The van der Waals surface area contributed by atoms with E-state index in [0.29, 0.717) is 19.0 Å². The Morgan fingerprint density at radius 1 is 1.35 bits per heavy atom. The molecule has 1 aliphatic rings. The number of hydrogen-bond donors (Lipinski definition) is 3. The van der Waals surface area contributed by atoms with Gasteiger partial charge in [0.05, 0.1) is 18.8 Å². The molecule has 2 aromatic rings. The zero-order valence-electron chi connectivity index (χ0n) is 11.9. The van der Waals surface area contributed by atoms with Crippen LogP contribution in [0.4, 0.5) is 24.9 Å². The van der Waals surface area contributed by atoms with Gasteiger partial charge in [0.15, 0.2) is 0 Å². The lowest BCUT2D eigenvalue weighted by Crippen LogP contribution is -2.10. The third-order valence-electron chi connectivity index (χ3n) is 3.33. The Bertz CT molecular complexity index is 682. The van der Waals surface area contributed by atoms with Crippen molar-refractivity contribution in [1.29, 1.82) is 0 Å². The van der Waals surface area contributed by atoms with E-state index in [1.165, 1.54) is 0 Å². The molecule has 3 rings (SSSR count). The minimum atomic E-state index is -4.58. The average molecular weight is 329 g/mol. The number of alkyl halides is 3. The highest BCUT2D eigenvalue weighted by atomic mass is 19.4. The molecule has 0 aromatic carbocycles. The van der Waals surface area contributed by atoms with E-state index in [2.05, 4.69) is 30.5 Å². The standard InChI is InChI=1S/C12H14F3N7O/c13-12(14,15)10-19-9(21-22-10)4-17-8-3-7(18-11(16)20-8)6-1-2-23-5-6/h3,6H,1-2,4-5H2,(H,19,21,22)(H3,16,17,18,20). The Kier molecular flexibility index (Phi) is 4.03. The predicted molar refractivity (Wildman–Crippen MR) is 73.3 cm³/mol. The first kappa shape index (κ1) is 15.5. The fourth-order valence-corrected chi connectivity index (χ4v) is 2.23. The second kappa shape index (κ2) is 5.99. The number of nitrogens with one attached hydrogen (secondary N) is 2. The minimum absolute atomic E-state index is 0.000139. The number of H-pyrrole nitrogens is 1. The van der Waals surface area contributed by atoms with E-state index in [1.807, 2.05) is 0 Å². The SMILES string of the molecule is Nc1nc(NCc2nc(C(F)(F)F)n[nH]2)cc(C2CCOC2)n1. The lowest BCUT2D eigenvalue weighted by Gasteiger charge is -2.10. The van der Waals surface area contributed by atoms with Crippen LogP contribution in [0.25, 0.3) is 0 Å². The van der Waals surface area contributed by atoms with Gasteiger partial charge in [-0.1, -0.05) is 0 Å². The minimum Gasteiger partial charge on any atom is -0.381 e. The van der Waals surface area contributed by atoms with Crippen molar-refractivity contribution in [3.8, 4) is 0 Å². The molecule has 3 heterocycles. The first-order valence-electron chi connectivity index (χ1n) is 6.86. The summed E-state index contributed by atoms with van der Waals surface area (Å²) in [7, 11) is 0. The van der Waals surface area contributed by atoms with Crippen molar-refractivity contribution in [2.75, 3.05) is 24.3 Å². The summed E-state index contributed by atoms with van der Waals surface area (Å²) in [6, 6.07) is 1.71. The molecule has 0 saturated carbocycles. The average Bonchev–Trinajstić information content (AvgIpc) is 3.15. The number of halogens is 3. The summed E-state index contributed by atoms with van der Waals surface area (Å²) in [5.41, 5.74) is 6.41.